The molecule has 3 amide bonds. The van der Waals surface area contributed by atoms with Crippen molar-refractivity contribution in [1.29, 1.82) is 0 Å². The summed E-state index contributed by atoms with van der Waals surface area (Å²) < 4.78 is 16.2. The molecule has 2 fully saturated rings. The predicted molar refractivity (Wildman–Crippen MR) is 216 cm³/mol. The van der Waals surface area contributed by atoms with Crippen LogP contribution in [0.3, 0.4) is 0 Å². The lowest BCUT2D eigenvalue weighted by Gasteiger charge is -2.46. The summed E-state index contributed by atoms with van der Waals surface area (Å²) in [5.74, 6) is -1.44. The Kier molecular flexibility index (Phi) is 13.2. The first-order chi connectivity index (χ1) is 26.1. The molecule has 0 aliphatic carbocycles. The van der Waals surface area contributed by atoms with Crippen molar-refractivity contribution in [3.05, 3.63) is 68.8 Å². The number of piperidine rings is 2. The van der Waals surface area contributed by atoms with Gasteiger partial charge in [-0.05, 0) is 146 Å². The van der Waals surface area contributed by atoms with E-state index in [9.17, 15) is 19.2 Å². The Morgan fingerprint density at radius 2 is 1.07 bits per heavy atom. The zero-order chi connectivity index (χ0) is 41.3. The van der Waals surface area contributed by atoms with Gasteiger partial charge < -0.3 is 30.6 Å². The second-order valence-electron chi connectivity index (χ2n) is 18.1. The van der Waals surface area contributed by atoms with Crippen LogP contribution < -0.4 is 16.4 Å². The number of nitrogens with one attached hydrogen (secondary N) is 2. The van der Waals surface area contributed by atoms with Crippen molar-refractivity contribution in [3.8, 4) is 0 Å². The maximum Gasteiger partial charge on any atom is 0.407 e. The smallest absolute Gasteiger partial charge is 0.407 e. The number of ether oxygens (including phenoxy) is 3. The van der Waals surface area contributed by atoms with Gasteiger partial charge in [-0.25, -0.2) is 9.59 Å². The monoisotopic (exact) mass is 775 g/mol. The van der Waals surface area contributed by atoms with Gasteiger partial charge in [-0.2, -0.15) is 0 Å². The Morgan fingerprint density at radius 1 is 0.679 bits per heavy atom. The van der Waals surface area contributed by atoms with Gasteiger partial charge in [0, 0.05) is 50.3 Å². The third kappa shape index (κ3) is 10.4. The normalized spacial score (nSPS) is 24.8. The van der Waals surface area contributed by atoms with Gasteiger partial charge in [0.25, 0.3) is 0 Å². The van der Waals surface area contributed by atoms with Crippen LogP contribution in [0.1, 0.15) is 118 Å². The molecule has 308 valence electrons. The lowest BCUT2D eigenvalue weighted by molar-refractivity contribution is -0.152. The minimum Gasteiger partial charge on any atom is -0.466 e. The number of rotatable bonds is 5. The summed E-state index contributed by atoms with van der Waals surface area (Å²) in [6.07, 6.45) is 2.29. The molecule has 12 heteroatoms. The second kappa shape index (κ2) is 17.1. The molecule has 2 saturated heterocycles. The molecule has 0 spiro atoms. The standard InChI is InChI=1S/C23H34N2O4.C21H31N3O3/c1-7-28-21(26)18-13-25-9-8-16-10-14(2)15(3)11-17(16)20(25)12-19(18)24-22(27)29-23(4,5)6;1-12-8-14-6-7-24-11-16(19(22)25)17(23-20(26)27-21(3,4)5)10-18(24)15(14)9-13(12)2/h10-11,18-20H,7-9,12-13H2,1-6H3,(H,24,27);8-9,16-18H,6-7,10-11H2,1-5H3,(H2,22,25)(H,23,26)/t18-,19-,20-;16-,17-,18-/m00/s1. The van der Waals surface area contributed by atoms with Crippen molar-refractivity contribution < 1.29 is 33.4 Å². The average molecular weight is 776 g/mol. The summed E-state index contributed by atoms with van der Waals surface area (Å²) >= 11 is 0. The first-order valence-electron chi connectivity index (χ1n) is 20.3. The Hall–Kier alpha value is -4.16. The Balaban J connectivity index is 0.000000215. The third-order valence-electron chi connectivity index (χ3n) is 11.6. The van der Waals surface area contributed by atoms with E-state index in [1.165, 1.54) is 44.5 Å². The number of carbonyl (C=O) groups is 4. The number of aryl methyl sites for hydroxylation is 4. The van der Waals surface area contributed by atoms with Crippen LogP contribution in [0.25, 0.3) is 0 Å². The lowest BCUT2D eigenvalue weighted by atomic mass is 9.79. The molecule has 6 rings (SSSR count). The molecule has 2 aromatic rings. The number of hydrogen-bond acceptors (Lipinski definition) is 9. The van der Waals surface area contributed by atoms with E-state index in [4.69, 9.17) is 19.9 Å². The quantitative estimate of drug-likeness (QED) is 0.236. The molecule has 4 aliphatic rings. The number of nitrogens with zero attached hydrogens (tertiary/aromatic N) is 2. The maximum absolute atomic E-state index is 12.7. The molecule has 0 bridgehead atoms. The molecule has 4 aliphatic heterocycles. The molecule has 0 radical (unpaired) electrons. The highest BCUT2D eigenvalue weighted by atomic mass is 16.6. The van der Waals surface area contributed by atoms with Gasteiger partial charge in [-0.15, -0.1) is 0 Å². The van der Waals surface area contributed by atoms with Crippen LogP contribution in [0.15, 0.2) is 24.3 Å². The summed E-state index contributed by atoms with van der Waals surface area (Å²) in [4.78, 5) is 54.2. The van der Waals surface area contributed by atoms with Crippen molar-refractivity contribution in [2.45, 2.75) is 137 Å². The number of amides is 3. The van der Waals surface area contributed by atoms with Crippen molar-refractivity contribution >= 4 is 24.1 Å². The topological polar surface area (TPSA) is 153 Å². The van der Waals surface area contributed by atoms with Crippen LogP contribution in [-0.2, 0) is 36.6 Å². The fourth-order valence-electron chi connectivity index (χ4n) is 8.65. The van der Waals surface area contributed by atoms with Crippen LogP contribution in [-0.4, -0.2) is 89.9 Å². The Morgan fingerprint density at radius 3 is 1.46 bits per heavy atom. The van der Waals surface area contributed by atoms with Gasteiger partial charge in [-0.3, -0.25) is 19.4 Å². The molecule has 12 nitrogen and oxygen atoms in total. The van der Waals surface area contributed by atoms with Crippen LogP contribution in [0.5, 0.6) is 0 Å². The van der Waals surface area contributed by atoms with E-state index in [1.54, 1.807) is 0 Å². The fraction of sp³-hybridized carbons (Fsp3) is 0.636. The van der Waals surface area contributed by atoms with E-state index in [2.05, 4.69) is 72.4 Å². The number of alkyl carbamates (subject to hydrolysis) is 2. The molecule has 0 saturated carbocycles. The molecular weight excluding hydrogens is 711 g/mol. The van der Waals surface area contributed by atoms with E-state index >= 15 is 0 Å². The lowest BCUT2D eigenvalue weighted by Crippen LogP contribution is -2.57. The van der Waals surface area contributed by atoms with Gasteiger partial charge in [0.05, 0.1) is 18.4 Å². The number of hydrogen-bond donors (Lipinski definition) is 3. The highest BCUT2D eigenvalue weighted by Gasteiger charge is 2.44. The maximum atomic E-state index is 12.7. The summed E-state index contributed by atoms with van der Waals surface area (Å²) in [5.41, 5.74) is 15.0. The van der Waals surface area contributed by atoms with Gasteiger partial charge in [0.1, 0.15) is 11.2 Å². The van der Waals surface area contributed by atoms with Gasteiger partial charge >= 0.3 is 18.2 Å². The average Bonchev–Trinajstić information content (AvgIpc) is 3.07. The number of benzene rings is 2. The van der Waals surface area contributed by atoms with Crippen LogP contribution >= 0.6 is 0 Å². The first kappa shape index (κ1) is 43.0. The van der Waals surface area contributed by atoms with Crippen LogP contribution in [0.4, 0.5) is 9.59 Å². The van der Waals surface area contributed by atoms with Crippen molar-refractivity contribution in [3.63, 3.8) is 0 Å². The van der Waals surface area contributed by atoms with E-state index in [-0.39, 0.29) is 36.0 Å². The Bertz CT molecular complexity index is 1800. The van der Waals surface area contributed by atoms with E-state index in [0.29, 0.717) is 32.5 Å². The first-order valence-corrected chi connectivity index (χ1v) is 20.3. The van der Waals surface area contributed by atoms with Gasteiger partial charge in [-0.1, -0.05) is 24.3 Å². The molecule has 0 aromatic heterocycles. The van der Waals surface area contributed by atoms with Crippen LogP contribution in [0.2, 0.25) is 0 Å². The summed E-state index contributed by atoms with van der Waals surface area (Å²) in [6.45, 7) is 24.6. The number of carbonyl (C=O) groups excluding carboxylic acids is 4. The highest BCUT2D eigenvalue weighted by Crippen LogP contribution is 2.41. The number of nitrogens with two attached hydrogens (primary N) is 1. The summed E-state index contributed by atoms with van der Waals surface area (Å²) in [5, 5.41) is 5.87. The number of primary amides is 1. The minimum absolute atomic E-state index is 0.184. The molecule has 2 aromatic carbocycles. The fourth-order valence-corrected chi connectivity index (χ4v) is 8.65. The van der Waals surface area contributed by atoms with Gasteiger partial charge in [0.2, 0.25) is 5.91 Å². The van der Waals surface area contributed by atoms with Crippen LogP contribution in [0, 0.1) is 39.5 Å². The molecule has 56 heavy (non-hydrogen) atoms. The molecule has 6 atom stereocenters. The molecule has 4 heterocycles. The van der Waals surface area contributed by atoms with Crippen molar-refractivity contribution in [1.82, 2.24) is 20.4 Å². The second-order valence-corrected chi connectivity index (χ2v) is 18.1. The van der Waals surface area contributed by atoms with Crippen molar-refractivity contribution in [2.75, 3.05) is 32.8 Å². The molecule has 4 N–H and O–H groups in total. The summed E-state index contributed by atoms with van der Waals surface area (Å²) in [6, 6.07) is 8.82. The van der Waals surface area contributed by atoms with Crippen molar-refractivity contribution in [2.24, 2.45) is 17.6 Å². The van der Waals surface area contributed by atoms with E-state index in [0.717, 1.165) is 25.9 Å². The zero-order valence-corrected chi connectivity index (χ0v) is 35.5. The highest BCUT2D eigenvalue weighted by molar-refractivity contribution is 5.79. The minimum atomic E-state index is -0.587. The third-order valence-corrected chi connectivity index (χ3v) is 11.6. The summed E-state index contributed by atoms with van der Waals surface area (Å²) in [7, 11) is 0. The SMILES string of the molecule is CCOC(=O)[C@H]1CN2CCc3cc(C)c(C)cc3[C@@H]2C[C@@H]1NC(=O)OC(C)(C)C.Cc1cc2c(cc1C)[C@@H]1C[C@H](NC(=O)OC(C)(C)C)[C@@H](C(N)=O)CN1CC2. The largest absolute Gasteiger partial charge is 0.466 e. The number of fused-ring (bicyclic) bond motifs is 6. The molecule has 0 unspecified atom stereocenters. The van der Waals surface area contributed by atoms with Gasteiger partial charge in [0.15, 0.2) is 0 Å². The van der Waals surface area contributed by atoms with E-state index in [1.807, 2.05) is 48.5 Å². The Labute approximate surface area is 333 Å². The zero-order valence-electron chi connectivity index (χ0n) is 35.5. The van der Waals surface area contributed by atoms with E-state index < -0.39 is 35.2 Å². The number of esters is 1. The predicted octanol–water partition coefficient (Wildman–Crippen LogP) is 6.28. The molecular formula is C44H65N5O7.